The van der Waals surface area contributed by atoms with E-state index in [1.807, 2.05) is 6.92 Å². The van der Waals surface area contributed by atoms with E-state index in [0.29, 0.717) is 31.2 Å². The highest BCUT2D eigenvalue weighted by Crippen LogP contribution is 2.49. The summed E-state index contributed by atoms with van der Waals surface area (Å²) in [7, 11) is 0. The van der Waals surface area contributed by atoms with E-state index in [4.69, 9.17) is 5.11 Å². The van der Waals surface area contributed by atoms with Crippen molar-refractivity contribution in [2.45, 2.75) is 44.2 Å². The van der Waals surface area contributed by atoms with E-state index >= 15 is 0 Å². The second-order valence-electron chi connectivity index (χ2n) is 6.19. The predicted octanol–water partition coefficient (Wildman–Crippen LogP) is 3.35. The van der Waals surface area contributed by atoms with E-state index in [1.165, 1.54) is 12.1 Å². The van der Waals surface area contributed by atoms with Gasteiger partial charge in [-0.15, -0.1) is 0 Å². The van der Waals surface area contributed by atoms with Crippen molar-refractivity contribution >= 4 is 11.9 Å². The second-order valence-corrected chi connectivity index (χ2v) is 6.19. The summed E-state index contributed by atoms with van der Waals surface area (Å²) in [5.74, 6) is -2.07. The van der Waals surface area contributed by atoms with E-state index in [-0.39, 0.29) is 6.54 Å². The van der Waals surface area contributed by atoms with Gasteiger partial charge in [0, 0.05) is 6.54 Å². The van der Waals surface area contributed by atoms with Crippen LogP contribution in [0.2, 0.25) is 0 Å². The lowest BCUT2D eigenvalue weighted by atomic mass is 9.93. The molecule has 0 heterocycles. The summed E-state index contributed by atoms with van der Waals surface area (Å²) in [5.41, 5.74) is -1.41. The molecule has 1 aromatic rings. The molecule has 0 spiro atoms. The van der Waals surface area contributed by atoms with Crippen LogP contribution in [0.1, 0.15) is 43.7 Å². The molecule has 1 aromatic carbocycles. The molecule has 1 amide bonds. The lowest BCUT2D eigenvalue weighted by Gasteiger charge is -2.19. The molecule has 0 radical (unpaired) electrons. The molecule has 0 bridgehead atoms. The monoisotopic (exact) mass is 343 g/mol. The zero-order valence-corrected chi connectivity index (χ0v) is 13.3. The molecular weight excluding hydrogens is 323 g/mol. The van der Waals surface area contributed by atoms with E-state index in [1.54, 1.807) is 0 Å². The molecule has 0 saturated heterocycles. The number of alkyl halides is 3. The number of halogens is 3. The molecule has 0 aromatic heterocycles. The Morgan fingerprint density at radius 2 is 2.00 bits per heavy atom. The first-order chi connectivity index (χ1) is 11.2. The minimum Gasteiger partial charge on any atom is -0.481 e. The normalized spacial score (nSPS) is 17.2. The summed E-state index contributed by atoms with van der Waals surface area (Å²) in [6.45, 7) is 1.84. The van der Waals surface area contributed by atoms with Gasteiger partial charge in [-0.05, 0) is 30.9 Å². The molecule has 132 valence electrons. The van der Waals surface area contributed by atoms with Crippen LogP contribution in [0, 0.1) is 5.92 Å². The standard InChI is InChI=1S/C17H20F3NO3/c1-2-4-11(14(22)23)10-21-15(24)16(7-8-16)12-5-3-6-13(9-12)17(18,19)20/h3,5-6,9,11H,2,4,7-8,10H2,1H3,(H,21,24)(H,22,23). The number of carboxylic acids is 1. The molecule has 24 heavy (non-hydrogen) atoms. The smallest absolute Gasteiger partial charge is 0.416 e. The first kappa shape index (κ1) is 18.3. The highest BCUT2D eigenvalue weighted by atomic mass is 19.4. The Kier molecular flexibility index (Phi) is 5.20. The van der Waals surface area contributed by atoms with Gasteiger partial charge in [0.15, 0.2) is 0 Å². The second kappa shape index (κ2) is 6.83. The van der Waals surface area contributed by atoms with Crippen LogP contribution < -0.4 is 5.32 Å². The molecule has 4 nitrogen and oxygen atoms in total. The SMILES string of the molecule is CCCC(CNC(=O)C1(c2cccc(C(F)(F)F)c2)CC1)C(=O)O. The molecule has 1 atom stereocenters. The van der Waals surface area contributed by atoms with E-state index in [0.717, 1.165) is 12.1 Å². The van der Waals surface area contributed by atoms with E-state index in [2.05, 4.69) is 5.32 Å². The lowest BCUT2D eigenvalue weighted by molar-refractivity contribution is -0.142. The predicted molar refractivity (Wildman–Crippen MR) is 81.4 cm³/mol. The van der Waals surface area contributed by atoms with Gasteiger partial charge in [0.1, 0.15) is 0 Å². The van der Waals surface area contributed by atoms with Gasteiger partial charge < -0.3 is 10.4 Å². The Morgan fingerprint density at radius 1 is 1.33 bits per heavy atom. The maximum atomic E-state index is 12.8. The van der Waals surface area contributed by atoms with Crippen molar-refractivity contribution in [2.75, 3.05) is 6.54 Å². The third kappa shape index (κ3) is 3.88. The summed E-state index contributed by atoms with van der Waals surface area (Å²) in [4.78, 5) is 23.6. The molecule has 2 N–H and O–H groups in total. The zero-order valence-electron chi connectivity index (χ0n) is 13.3. The summed E-state index contributed by atoms with van der Waals surface area (Å²) in [6, 6.07) is 4.79. The first-order valence-electron chi connectivity index (χ1n) is 7.89. The van der Waals surface area contributed by atoms with Crippen LogP contribution in [0.25, 0.3) is 0 Å². The fourth-order valence-electron chi connectivity index (χ4n) is 2.81. The minimum atomic E-state index is -4.46. The van der Waals surface area contributed by atoms with Crippen molar-refractivity contribution in [2.24, 2.45) is 5.92 Å². The van der Waals surface area contributed by atoms with Crippen molar-refractivity contribution in [1.29, 1.82) is 0 Å². The Bertz CT molecular complexity index is 624. The molecule has 0 aliphatic heterocycles. The number of hydrogen-bond acceptors (Lipinski definition) is 2. The Balaban J connectivity index is 2.11. The zero-order chi connectivity index (χ0) is 18.0. The van der Waals surface area contributed by atoms with Gasteiger partial charge in [-0.1, -0.05) is 31.5 Å². The van der Waals surface area contributed by atoms with E-state index < -0.39 is 34.9 Å². The average Bonchev–Trinajstić information content (AvgIpc) is 3.32. The van der Waals surface area contributed by atoms with E-state index in [9.17, 15) is 22.8 Å². The van der Waals surface area contributed by atoms with Gasteiger partial charge in [-0.2, -0.15) is 13.2 Å². The molecule has 1 aliphatic carbocycles. The molecule has 1 fully saturated rings. The minimum absolute atomic E-state index is 0.0112. The highest BCUT2D eigenvalue weighted by Gasteiger charge is 2.51. The van der Waals surface area contributed by atoms with Crippen LogP contribution in [-0.2, 0) is 21.2 Å². The Hall–Kier alpha value is -2.05. The van der Waals surface area contributed by atoms with Gasteiger partial charge >= 0.3 is 12.1 Å². The molecule has 1 unspecified atom stereocenters. The van der Waals surface area contributed by atoms with Crippen molar-refractivity contribution in [1.82, 2.24) is 5.32 Å². The van der Waals surface area contributed by atoms with Crippen molar-refractivity contribution < 1.29 is 27.9 Å². The van der Waals surface area contributed by atoms with Crippen LogP contribution in [0.15, 0.2) is 24.3 Å². The van der Waals surface area contributed by atoms with Crippen molar-refractivity contribution in [3.05, 3.63) is 35.4 Å². The average molecular weight is 343 g/mol. The lowest BCUT2D eigenvalue weighted by Crippen LogP contribution is -2.39. The number of carbonyl (C=O) groups excluding carboxylic acids is 1. The number of nitrogens with one attached hydrogen (secondary N) is 1. The van der Waals surface area contributed by atoms with Crippen LogP contribution in [-0.4, -0.2) is 23.5 Å². The third-order valence-electron chi connectivity index (χ3n) is 4.42. The summed E-state index contributed by atoms with van der Waals surface area (Å²) in [6.07, 6.45) is -2.42. The van der Waals surface area contributed by atoms with Crippen molar-refractivity contribution in [3.63, 3.8) is 0 Å². The fourth-order valence-corrected chi connectivity index (χ4v) is 2.81. The van der Waals surface area contributed by atoms with Gasteiger partial charge in [-0.3, -0.25) is 9.59 Å². The number of amides is 1. The summed E-state index contributed by atoms with van der Waals surface area (Å²) < 4.78 is 38.5. The third-order valence-corrected chi connectivity index (χ3v) is 4.42. The Labute approximate surface area is 138 Å². The van der Waals surface area contributed by atoms with Gasteiger partial charge in [0.05, 0.1) is 16.9 Å². The van der Waals surface area contributed by atoms with Crippen molar-refractivity contribution in [3.8, 4) is 0 Å². The number of benzene rings is 1. The molecule has 1 aliphatic rings. The van der Waals surface area contributed by atoms with Gasteiger partial charge in [-0.25, -0.2) is 0 Å². The van der Waals surface area contributed by atoms with Crippen LogP contribution in [0.5, 0.6) is 0 Å². The molecule has 1 saturated carbocycles. The summed E-state index contributed by atoms with van der Waals surface area (Å²) in [5, 5.41) is 11.7. The van der Waals surface area contributed by atoms with Crippen LogP contribution in [0.4, 0.5) is 13.2 Å². The van der Waals surface area contributed by atoms with Crippen LogP contribution in [0.3, 0.4) is 0 Å². The number of hydrogen-bond donors (Lipinski definition) is 2. The van der Waals surface area contributed by atoms with Crippen LogP contribution >= 0.6 is 0 Å². The summed E-state index contributed by atoms with van der Waals surface area (Å²) >= 11 is 0. The maximum absolute atomic E-state index is 12.8. The van der Waals surface area contributed by atoms with Gasteiger partial charge in [0.25, 0.3) is 0 Å². The maximum Gasteiger partial charge on any atom is 0.416 e. The molecule has 7 heteroatoms. The van der Waals surface area contributed by atoms with Gasteiger partial charge in [0.2, 0.25) is 5.91 Å². The number of carboxylic acid groups (broad SMARTS) is 1. The first-order valence-corrected chi connectivity index (χ1v) is 7.89. The largest absolute Gasteiger partial charge is 0.481 e. The number of aliphatic carboxylic acids is 1. The fraction of sp³-hybridized carbons (Fsp3) is 0.529. The Morgan fingerprint density at radius 3 is 2.50 bits per heavy atom. The number of carbonyl (C=O) groups is 2. The number of rotatable bonds is 7. The molecule has 2 rings (SSSR count). The topological polar surface area (TPSA) is 66.4 Å². The quantitative estimate of drug-likeness (QED) is 0.798. The molecular formula is C17H20F3NO3. The highest BCUT2D eigenvalue weighted by molar-refractivity contribution is 5.91.